The van der Waals surface area contributed by atoms with Crippen LogP contribution in [0.15, 0.2) is 11.3 Å². The zero-order chi connectivity index (χ0) is 12.5. The molecule has 1 atom stereocenters. The van der Waals surface area contributed by atoms with Gasteiger partial charge >= 0.3 is 0 Å². The van der Waals surface area contributed by atoms with E-state index in [1.165, 1.54) is 6.92 Å². The number of alkyl halides is 2. The van der Waals surface area contributed by atoms with Gasteiger partial charge in [-0.3, -0.25) is 10.2 Å². The molecule has 16 heavy (non-hydrogen) atoms. The minimum Gasteiger partial charge on any atom is -0.402 e. The van der Waals surface area contributed by atoms with Gasteiger partial charge in [0, 0.05) is 18.5 Å². The summed E-state index contributed by atoms with van der Waals surface area (Å²) in [5, 5.41) is 7.53. The second-order valence-corrected chi connectivity index (χ2v) is 4.33. The van der Waals surface area contributed by atoms with Crippen LogP contribution < -0.4 is 5.73 Å². The molecule has 3 nitrogen and oxygen atoms in total. The van der Waals surface area contributed by atoms with Crippen molar-refractivity contribution < 1.29 is 13.6 Å². The number of hydrogen-bond acceptors (Lipinski definition) is 3. The van der Waals surface area contributed by atoms with Crippen LogP contribution in [0.25, 0.3) is 0 Å². The molecule has 0 aromatic rings. The van der Waals surface area contributed by atoms with E-state index in [2.05, 4.69) is 0 Å². The summed E-state index contributed by atoms with van der Waals surface area (Å²) in [7, 11) is 0. The summed E-state index contributed by atoms with van der Waals surface area (Å²) >= 11 is 0. The zero-order valence-electron chi connectivity index (χ0n) is 9.44. The molecule has 0 aliphatic heterocycles. The molecule has 0 heterocycles. The van der Waals surface area contributed by atoms with Gasteiger partial charge in [0.2, 0.25) is 5.92 Å². The molecule has 1 rings (SSSR count). The Balaban J connectivity index is 2.92. The molecule has 0 aromatic heterocycles. The third-order valence-corrected chi connectivity index (χ3v) is 2.97. The highest BCUT2D eigenvalue weighted by Gasteiger charge is 2.37. The fraction of sp³-hybridized carbons (Fsp3) is 0.636. The van der Waals surface area contributed by atoms with Gasteiger partial charge in [-0.25, -0.2) is 8.78 Å². The zero-order valence-corrected chi connectivity index (χ0v) is 9.44. The lowest BCUT2D eigenvalue weighted by molar-refractivity contribution is -0.111. The molecule has 0 fully saturated rings. The molecule has 1 aliphatic rings. The molecule has 3 N–H and O–H groups in total. The Morgan fingerprint density at radius 1 is 1.56 bits per heavy atom. The molecule has 0 saturated heterocycles. The third kappa shape index (κ3) is 2.65. The van der Waals surface area contributed by atoms with Crippen molar-refractivity contribution in [2.45, 2.75) is 39.0 Å². The monoisotopic (exact) mass is 230 g/mol. The lowest BCUT2D eigenvalue weighted by Gasteiger charge is -2.29. The van der Waals surface area contributed by atoms with Crippen molar-refractivity contribution in [1.29, 1.82) is 5.41 Å². The summed E-state index contributed by atoms with van der Waals surface area (Å²) in [4.78, 5) is 11.0. The maximum Gasteiger partial charge on any atom is 0.248 e. The number of halogens is 2. The Morgan fingerprint density at radius 2 is 2.12 bits per heavy atom. The molecule has 0 aromatic carbocycles. The van der Waals surface area contributed by atoms with Crippen LogP contribution in [-0.4, -0.2) is 17.4 Å². The summed E-state index contributed by atoms with van der Waals surface area (Å²) in [5.41, 5.74) is 6.13. The van der Waals surface area contributed by atoms with Crippen LogP contribution in [0.4, 0.5) is 8.78 Å². The Kier molecular flexibility index (Phi) is 3.45. The second kappa shape index (κ2) is 4.31. The molecule has 0 amide bonds. The SMILES string of the molecule is CC(=O)C(=N)C1=C(N)CC[C@H](C(C)(F)F)C1. The highest BCUT2D eigenvalue weighted by Crippen LogP contribution is 2.37. The predicted octanol–water partition coefficient (Wildman–Crippen LogP) is 2.26. The quantitative estimate of drug-likeness (QED) is 0.730. The predicted molar refractivity (Wildman–Crippen MR) is 57.6 cm³/mol. The Morgan fingerprint density at radius 3 is 2.56 bits per heavy atom. The standard InChI is InChI=1S/C11H16F2N2O/c1-6(16)10(15)8-5-7(11(2,12)13)3-4-9(8)14/h7,15H,3-5,14H2,1-2H3/t7-/m0/s1. The first-order chi connectivity index (χ1) is 7.23. The number of carbonyl (C=O) groups excluding carboxylic acids is 1. The summed E-state index contributed by atoms with van der Waals surface area (Å²) in [6.45, 7) is 2.12. The van der Waals surface area contributed by atoms with Gasteiger partial charge in [0.05, 0.1) is 0 Å². The van der Waals surface area contributed by atoms with Gasteiger partial charge in [0.1, 0.15) is 5.71 Å². The largest absolute Gasteiger partial charge is 0.402 e. The molecule has 1 aliphatic carbocycles. The minimum atomic E-state index is -2.79. The smallest absolute Gasteiger partial charge is 0.248 e. The highest BCUT2D eigenvalue weighted by molar-refractivity contribution is 6.44. The fourth-order valence-electron chi connectivity index (χ4n) is 1.87. The first-order valence-corrected chi connectivity index (χ1v) is 5.18. The number of nitrogens with two attached hydrogens (primary N) is 1. The van der Waals surface area contributed by atoms with Crippen molar-refractivity contribution in [3.63, 3.8) is 0 Å². The summed E-state index contributed by atoms with van der Waals surface area (Å²) < 4.78 is 26.3. The number of hydrogen-bond donors (Lipinski definition) is 2. The summed E-state index contributed by atoms with van der Waals surface area (Å²) in [5.74, 6) is -4.05. The number of nitrogens with one attached hydrogen (secondary N) is 1. The number of ketones is 1. The number of Topliss-reactive ketones (excluding diaryl/α,β-unsaturated/α-hetero) is 1. The minimum absolute atomic E-state index is 0.0216. The topological polar surface area (TPSA) is 66.9 Å². The molecule has 0 saturated carbocycles. The van der Waals surface area contributed by atoms with Crippen LogP contribution in [0.5, 0.6) is 0 Å². The lowest BCUT2D eigenvalue weighted by Crippen LogP contribution is -2.31. The first-order valence-electron chi connectivity index (χ1n) is 5.18. The van der Waals surface area contributed by atoms with E-state index in [1.54, 1.807) is 0 Å². The molecular formula is C11H16F2N2O. The molecule has 0 bridgehead atoms. The number of allylic oxidation sites excluding steroid dienone is 2. The first kappa shape index (κ1) is 12.8. The van der Waals surface area contributed by atoms with Crippen molar-refractivity contribution >= 4 is 11.5 Å². The van der Waals surface area contributed by atoms with Gasteiger partial charge in [-0.05, 0) is 31.8 Å². The lowest BCUT2D eigenvalue weighted by atomic mass is 9.81. The van der Waals surface area contributed by atoms with Crippen LogP contribution in [-0.2, 0) is 4.79 Å². The van der Waals surface area contributed by atoms with Gasteiger partial charge < -0.3 is 5.73 Å². The maximum absolute atomic E-state index is 13.2. The van der Waals surface area contributed by atoms with Gasteiger partial charge in [-0.1, -0.05) is 0 Å². The summed E-state index contributed by atoms with van der Waals surface area (Å²) in [6.07, 6.45) is 0.664. The van der Waals surface area contributed by atoms with E-state index in [0.717, 1.165) is 6.92 Å². The van der Waals surface area contributed by atoms with E-state index in [0.29, 0.717) is 24.1 Å². The normalized spacial score (nSPS) is 22.1. The average Bonchev–Trinajstić information content (AvgIpc) is 2.15. The third-order valence-electron chi connectivity index (χ3n) is 2.97. The molecule has 90 valence electrons. The van der Waals surface area contributed by atoms with Crippen molar-refractivity contribution in [1.82, 2.24) is 0 Å². The summed E-state index contributed by atoms with van der Waals surface area (Å²) in [6, 6.07) is 0. The van der Waals surface area contributed by atoms with Crippen molar-refractivity contribution in [2.24, 2.45) is 11.7 Å². The maximum atomic E-state index is 13.2. The van der Waals surface area contributed by atoms with Crippen LogP contribution in [0.2, 0.25) is 0 Å². The van der Waals surface area contributed by atoms with E-state index < -0.39 is 17.6 Å². The molecule has 0 radical (unpaired) electrons. The average molecular weight is 230 g/mol. The fourth-order valence-corrected chi connectivity index (χ4v) is 1.87. The van der Waals surface area contributed by atoms with Gasteiger partial charge in [0.15, 0.2) is 5.78 Å². The van der Waals surface area contributed by atoms with Gasteiger partial charge in [-0.15, -0.1) is 0 Å². The molecule has 5 heteroatoms. The van der Waals surface area contributed by atoms with Gasteiger partial charge in [0.25, 0.3) is 0 Å². The molecular weight excluding hydrogens is 214 g/mol. The van der Waals surface area contributed by atoms with Crippen LogP contribution in [0.3, 0.4) is 0 Å². The van der Waals surface area contributed by atoms with Crippen molar-refractivity contribution in [2.75, 3.05) is 0 Å². The van der Waals surface area contributed by atoms with E-state index in [1.807, 2.05) is 0 Å². The molecule has 0 spiro atoms. The Hall–Kier alpha value is -1.26. The van der Waals surface area contributed by atoms with Crippen LogP contribution in [0.1, 0.15) is 33.1 Å². The van der Waals surface area contributed by atoms with E-state index in [9.17, 15) is 13.6 Å². The Bertz CT molecular complexity index is 355. The number of rotatable bonds is 3. The van der Waals surface area contributed by atoms with Crippen molar-refractivity contribution in [3.8, 4) is 0 Å². The van der Waals surface area contributed by atoms with E-state index >= 15 is 0 Å². The van der Waals surface area contributed by atoms with Crippen molar-refractivity contribution in [3.05, 3.63) is 11.3 Å². The van der Waals surface area contributed by atoms with Crippen LogP contribution >= 0.6 is 0 Å². The highest BCUT2D eigenvalue weighted by atomic mass is 19.3. The Labute approximate surface area is 93.2 Å². The van der Waals surface area contributed by atoms with E-state index in [4.69, 9.17) is 11.1 Å². The second-order valence-electron chi connectivity index (χ2n) is 4.33. The van der Waals surface area contributed by atoms with Crippen LogP contribution in [0, 0.1) is 11.3 Å². The number of carbonyl (C=O) groups is 1. The van der Waals surface area contributed by atoms with Gasteiger partial charge in [-0.2, -0.15) is 0 Å². The van der Waals surface area contributed by atoms with E-state index in [-0.39, 0.29) is 12.1 Å². The molecule has 0 unspecified atom stereocenters.